The highest BCUT2D eigenvalue weighted by atomic mass is 32.1. The third-order valence-corrected chi connectivity index (χ3v) is 12.0. The van der Waals surface area contributed by atoms with Gasteiger partial charge in [0.25, 0.3) is 0 Å². The first-order chi connectivity index (χ1) is 25.1. The van der Waals surface area contributed by atoms with Gasteiger partial charge in [0.1, 0.15) is 0 Å². The third kappa shape index (κ3) is 4.67. The number of hydrogen-bond donors (Lipinski definition) is 0. The zero-order valence-electron chi connectivity index (χ0n) is 28.6. The summed E-state index contributed by atoms with van der Waals surface area (Å²) in [6.07, 6.45) is 0. The van der Waals surface area contributed by atoms with Gasteiger partial charge < -0.3 is 4.90 Å². The van der Waals surface area contributed by atoms with Gasteiger partial charge in [-0.05, 0) is 97.7 Å². The quantitative estimate of drug-likeness (QED) is 0.176. The van der Waals surface area contributed by atoms with Crippen LogP contribution in [0, 0.1) is 0 Å². The van der Waals surface area contributed by atoms with Crippen molar-refractivity contribution in [1.82, 2.24) is 0 Å². The lowest BCUT2D eigenvalue weighted by Gasteiger charge is -2.28. The fourth-order valence-electron chi connectivity index (χ4n) is 8.54. The molecule has 0 N–H and O–H groups in total. The first-order valence-corrected chi connectivity index (χ1v) is 18.5. The van der Waals surface area contributed by atoms with Crippen LogP contribution in [0.25, 0.3) is 64.3 Å². The molecule has 0 bridgehead atoms. The number of hydrogen-bond acceptors (Lipinski definition) is 2. The summed E-state index contributed by atoms with van der Waals surface area (Å²) in [5, 5.41) is 5.10. The monoisotopic (exact) mass is 669 g/mol. The highest BCUT2D eigenvalue weighted by Gasteiger charge is 2.37. The van der Waals surface area contributed by atoms with Gasteiger partial charge in [0, 0.05) is 37.0 Å². The Kier molecular flexibility index (Phi) is 6.78. The zero-order valence-corrected chi connectivity index (χ0v) is 29.4. The fraction of sp³-hybridized carbons (Fsp3) is 0.0612. The van der Waals surface area contributed by atoms with Gasteiger partial charge in [-0.2, -0.15) is 0 Å². The Bertz CT molecular complexity index is 2780. The van der Waals surface area contributed by atoms with Crippen LogP contribution in [0.2, 0.25) is 0 Å². The number of thiophene rings is 1. The molecular formula is C49H35NS. The summed E-state index contributed by atoms with van der Waals surface area (Å²) in [7, 11) is 0. The molecule has 0 atom stereocenters. The maximum absolute atomic E-state index is 2.45. The Labute approximate surface area is 302 Å². The molecule has 0 unspecified atom stereocenters. The summed E-state index contributed by atoms with van der Waals surface area (Å²) in [5.74, 6) is 0. The maximum Gasteiger partial charge on any atom is 0.0554 e. The highest BCUT2D eigenvalue weighted by molar-refractivity contribution is 7.26. The Balaban J connectivity index is 1.16. The molecule has 0 spiro atoms. The van der Waals surface area contributed by atoms with Crippen LogP contribution in [0.4, 0.5) is 17.1 Å². The predicted octanol–water partition coefficient (Wildman–Crippen LogP) is 14.3. The molecule has 1 aromatic heterocycles. The molecule has 0 aliphatic heterocycles. The molecule has 9 aromatic rings. The van der Waals surface area contributed by atoms with Gasteiger partial charge >= 0.3 is 0 Å². The molecule has 2 heteroatoms. The first kappa shape index (κ1) is 29.9. The Morgan fingerprint density at radius 1 is 0.451 bits per heavy atom. The fourth-order valence-corrected chi connectivity index (χ4v) is 9.66. The van der Waals surface area contributed by atoms with Crippen LogP contribution in [-0.4, -0.2) is 0 Å². The smallest absolute Gasteiger partial charge is 0.0554 e. The molecule has 0 fully saturated rings. The second kappa shape index (κ2) is 11.6. The molecule has 0 amide bonds. The average molecular weight is 670 g/mol. The summed E-state index contributed by atoms with van der Waals surface area (Å²) in [4.78, 5) is 2.45. The van der Waals surface area contributed by atoms with Crippen LogP contribution in [-0.2, 0) is 5.41 Å². The van der Waals surface area contributed by atoms with Crippen LogP contribution in [0.15, 0.2) is 176 Å². The van der Waals surface area contributed by atoms with Crippen molar-refractivity contribution in [3.63, 3.8) is 0 Å². The summed E-state index contributed by atoms with van der Waals surface area (Å²) in [5.41, 5.74) is 13.9. The first-order valence-electron chi connectivity index (χ1n) is 17.7. The topological polar surface area (TPSA) is 3.24 Å². The van der Waals surface area contributed by atoms with Gasteiger partial charge in [0.15, 0.2) is 0 Å². The van der Waals surface area contributed by atoms with E-state index < -0.39 is 0 Å². The number of rotatable bonds is 5. The summed E-state index contributed by atoms with van der Waals surface area (Å²) in [6.45, 7) is 4.73. The SMILES string of the molecule is CC1(C)c2ccccc2-c2cccc(-c3ccc(N(c4cccc(-c5cccc6ccccc56)c4)c4cccc5sc6ccccc6c45)cc3)c21. The van der Waals surface area contributed by atoms with Crippen molar-refractivity contribution in [3.05, 3.63) is 187 Å². The molecule has 1 nitrogen and oxygen atoms in total. The molecule has 242 valence electrons. The van der Waals surface area contributed by atoms with Gasteiger partial charge in [-0.3, -0.25) is 0 Å². The van der Waals surface area contributed by atoms with Gasteiger partial charge in [0.2, 0.25) is 0 Å². The van der Waals surface area contributed by atoms with E-state index in [0.29, 0.717) is 0 Å². The molecule has 10 rings (SSSR count). The van der Waals surface area contributed by atoms with Crippen LogP contribution in [0.1, 0.15) is 25.0 Å². The van der Waals surface area contributed by atoms with E-state index in [1.807, 2.05) is 11.3 Å². The molecular weight excluding hydrogens is 635 g/mol. The average Bonchev–Trinajstić information content (AvgIpc) is 3.68. The van der Waals surface area contributed by atoms with Gasteiger partial charge in [-0.25, -0.2) is 0 Å². The minimum Gasteiger partial charge on any atom is -0.310 e. The van der Waals surface area contributed by atoms with E-state index >= 15 is 0 Å². The summed E-state index contributed by atoms with van der Waals surface area (Å²) < 4.78 is 2.60. The Morgan fingerprint density at radius 3 is 2.00 bits per heavy atom. The van der Waals surface area contributed by atoms with Gasteiger partial charge in [-0.1, -0.05) is 147 Å². The lowest BCUT2D eigenvalue weighted by atomic mass is 9.79. The zero-order chi connectivity index (χ0) is 34.1. The van der Waals surface area contributed by atoms with Gasteiger partial charge in [-0.15, -0.1) is 11.3 Å². The molecule has 0 saturated heterocycles. The van der Waals surface area contributed by atoms with Crippen LogP contribution in [0.5, 0.6) is 0 Å². The van der Waals surface area contributed by atoms with E-state index in [2.05, 4.69) is 195 Å². The predicted molar refractivity (Wildman–Crippen MR) is 220 cm³/mol. The molecule has 1 heterocycles. The Hall–Kier alpha value is -5.96. The van der Waals surface area contributed by atoms with E-state index in [4.69, 9.17) is 0 Å². The van der Waals surface area contributed by atoms with Crippen molar-refractivity contribution in [2.45, 2.75) is 19.3 Å². The van der Waals surface area contributed by atoms with E-state index in [-0.39, 0.29) is 5.41 Å². The van der Waals surface area contributed by atoms with E-state index in [9.17, 15) is 0 Å². The van der Waals surface area contributed by atoms with Crippen molar-refractivity contribution < 1.29 is 0 Å². The summed E-state index contributed by atoms with van der Waals surface area (Å²) in [6, 6.07) is 64.8. The second-order valence-electron chi connectivity index (χ2n) is 14.1. The number of fused-ring (bicyclic) bond motifs is 7. The van der Waals surface area contributed by atoms with Gasteiger partial charge in [0.05, 0.1) is 5.69 Å². The molecule has 1 aliphatic carbocycles. The second-order valence-corrected chi connectivity index (χ2v) is 15.2. The largest absolute Gasteiger partial charge is 0.310 e. The maximum atomic E-state index is 2.45. The number of benzene rings is 8. The normalized spacial score (nSPS) is 13.1. The number of nitrogens with zero attached hydrogens (tertiary/aromatic N) is 1. The van der Waals surface area contributed by atoms with Crippen molar-refractivity contribution in [2.24, 2.45) is 0 Å². The molecule has 0 saturated carbocycles. The lowest BCUT2D eigenvalue weighted by Crippen LogP contribution is -2.16. The van der Waals surface area contributed by atoms with E-state index in [1.165, 1.54) is 81.1 Å². The molecule has 51 heavy (non-hydrogen) atoms. The van der Waals surface area contributed by atoms with Crippen LogP contribution in [0.3, 0.4) is 0 Å². The van der Waals surface area contributed by atoms with E-state index in [0.717, 1.165) is 11.4 Å². The van der Waals surface area contributed by atoms with Crippen LogP contribution < -0.4 is 4.90 Å². The van der Waals surface area contributed by atoms with E-state index in [1.54, 1.807) is 0 Å². The third-order valence-electron chi connectivity index (χ3n) is 10.8. The molecule has 0 radical (unpaired) electrons. The lowest BCUT2D eigenvalue weighted by molar-refractivity contribution is 0.662. The Morgan fingerprint density at radius 2 is 1.10 bits per heavy atom. The van der Waals surface area contributed by atoms with Crippen molar-refractivity contribution in [2.75, 3.05) is 4.90 Å². The molecule has 1 aliphatic rings. The van der Waals surface area contributed by atoms with Crippen LogP contribution >= 0.6 is 11.3 Å². The van der Waals surface area contributed by atoms with Crippen molar-refractivity contribution in [3.8, 4) is 33.4 Å². The summed E-state index contributed by atoms with van der Waals surface area (Å²) >= 11 is 1.86. The minimum atomic E-state index is -0.0784. The minimum absolute atomic E-state index is 0.0784. The molecule has 8 aromatic carbocycles. The highest BCUT2D eigenvalue weighted by Crippen LogP contribution is 2.52. The van der Waals surface area contributed by atoms with Crippen molar-refractivity contribution >= 4 is 59.3 Å². The number of anilines is 3. The van der Waals surface area contributed by atoms with Crippen molar-refractivity contribution in [1.29, 1.82) is 0 Å². The standard InChI is InChI=1S/C49H35NS/c1-49(2)43-23-7-5-18-40(43)41-22-11-21-39(48(41)49)33-27-29-35(30-28-33)50(44-24-12-26-46-47(44)42-19-6-8-25-45(42)51-46)36-16-9-15-34(31-36)38-20-10-14-32-13-3-4-17-37(32)38/h3-31H,1-2H3.